The quantitative estimate of drug-likeness (QED) is 0.244. The Morgan fingerprint density at radius 2 is 1.97 bits per heavy atom. The second-order valence-corrected chi connectivity index (χ2v) is 9.88. The Morgan fingerprint density at radius 1 is 1.11 bits per heavy atom. The second-order valence-electron chi connectivity index (χ2n) is 9.88. The molecule has 5 nitrogen and oxygen atoms in total. The number of methoxy groups -OCH3 is 1. The van der Waals surface area contributed by atoms with Crippen LogP contribution in [0, 0.1) is 11.8 Å². The topological polar surface area (TPSA) is 51.7 Å². The summed E-state index contributed by atoms with van der Waals surface area (Å²) >= 11 is 0. The summed E-state index contributed by atoms with van der Waals surface area (Å²) in [4.78, 5) is 20.8. The zero-order valence-electron chi connectivity index (χ0n) is 20.5. The van der Waals surface area contributed by atoms with Crippen molar-refractivity contribution >= 4 is 27.6 Å². The Morgan fingerprint density at radius 3 is 2.78 bits per heavy atom. The highest BCUT2D eigenvalue weighted by Gasteiger charge is 2.44. The molecule has 4 heterocycles. The number of pyridine rings is 1. The van der Waals surface area contributed by atoms with Gasteiger partial charge in [0.1, 0.15) is 11.9 Å². The summed E-state index contributed by atoms with van der Waals surface area (Å²) in [5.74, 6) is 1.50. The van der Waals surface area contributed by atoms with Crippen LogP contribution in [-0.2, 0) is 4.74 Å². The summed E-state index contributed by atoms with van der Waals surface area (Å²) in [5, 5.41) is 2.88. The SMILES string of the molecule is C=CC1CN2CCC1C[C@@H]2[C@@H](OC(=O)c1cccc2ccccc12)c1ccnc2ccc(OC)cc12. The Hall–Kier alpha value is -3.70. The fraction of sp³-hybridized carbons (Fsp3) is 0.290. The van der Waals surface area contributed by atoms with Crippen molar-refractivity contribution in [3.05, 3.63) is 96.7 Å². The molecule has 3 aliphatic heterocycles. The summed E-state index contributed by atoms with van der Waals surface area (Å²) in [6.07, 6.45) is 5.60. The molecule has 0 saturated carbocycles. The maximum absolute atomic E-state index is 13.8. The van der Waals surface area contributed by atoms with Gasteiger partial charge in [-0.15, -0.1) is 6.58 Å². The Kier molecular flexibility index (Phi) is 5.94. The van der Waals surface area contributed by atoms with Crippen molar-refractivity contribution in [1.29, 1.82) is 0 Å². The van der Waals surface area contributed by atoms with E-state index in [1.165, 1.54) is 0 Å². The molecule has 4 aromatic rings. The number of carbonyl (C=O) groups excluding carboxylic acids is 1. The molecule has 1 aromatic heterocycles. The van der Waals surface area contributed by atoms with Crippen LogP contribution in [0.5, 0.6) is 5.75 Å². The number of piperidine rings is 3. The molecule has 3 aromatic carbocycles. The predicted octanol–water partition coefficient (Wildman–Crippen LogP) is 6.19. The molecule has 7 rings (SSSR count). The minimum atomic E-state index is -0.428. The third-order valence-electron chi connectivity index (χ3n) is 8.04. The summed E-state index contributed by atoms with van der Waals surface area (Å²) in [7, 11) is 1.66. The molecule has 5 atom stereocenters. The highest BCUT2D eigenvalue weighted by Crippen LogP contribution is 2.44. The summed E-state index contributed by atoms with van der Waals surface area (Å²) < 4.78 is 12.0. The third kappa shape index (κ3) is 3.94. The lowest BCUT2D eigenvalue weighted by molar-refractivity contribution is -0.0567. The number of benzene rings is 3. The van der Waals surface area contributed by atoms with Gasteiger partial charge in [0.25, 0.3) is 0 Å². The van der Waals surface area contributed by atoms with E-state index in [1.807, 2.05) is 72.9 Å². The van der Waals surface area contributed by atoms with E-state index >= 15 is 0 Å². The first kappa shape index (κ1) is 22.7. The minimum absolute atomic E-state index is 0.0932. The van der Waals surface area contributed by atoms with Crippen LogP contribution in [0.4, 0.5) is 0 Å². The van der Waals surface area contributed by atoms with E-state index in [2.05, 4.69) is 22.5 Å². The Balaban J connectivity index is 1.44. The summed E-state index contributed by atoms with van der Waals surface area (Å²) in [6, 6.07) is 21.7. The van der Waals surface area contributed by atoms with Gasteiger partial charge >= 0.3 is 5.97 Å². The van der Waals surface area contributed by atoms with Crippen molar-refractivity contribution in [2.75, 3.05) is 20.2 Å². The van der Waals surface area contributed by atoms with Crippen LogP contribution in [0.15, 0.2) is 85.6 Å². The third-order valence-corrected chi connectivity index (χ3v) is 8.04. The standard InChI is InChI=1S/C31H30N2O3/c1-3-20-19-33-16-14-22(20)17-29(33)30(25-13-15-32-28-12-11-23(35-2)18-27(25)28)36-31(34)26-10-6-8-21-7-4-5-9-24(21)26/h3-13,15,18,20,22,29-30H,1,14,16-17,19H2,2H3/t20?,22?,29-,30+/m1/s1. The highest BCUT2D eigenvalue weighted by atomic mass is 16.5. The van der Waals surface area contributed by atoms with E-state index in [4.69, 9.17) is 9.47 Å². The van der Waals surface area contributed by atoms with E-state index in [9.17, 15) is 4.79 Å². The van der Waals surface area contributed by atoms with Crippen LogP contribution in [0.1, 0.15) is 34.9 Å². The lowest BCUT2D eigenvalue weighted by Crippen LogP contribution is -2.55. The molecule has 36 heavy (non-hydrogen) atoms. The van der Waals surface area contributed by atoms with Crippen LogP contribution < -0.4 is 4.74 Å². The van der Waals surface area contributed by atoms with Gasteiger partial charge in [-0.25, -0.2) is 4.79 Å². The molecule has 3 saturated heterocycles. The molecule has 0 amide bonds. The first-order valence-corrected chi connectivity index (χ1v) is 12.6. The van der Waals surface area contributed by atoms with Gasteiger partial charge in [0, 0.05) is 23.7 Å². The summed E-state index contributed by atoms with van der Waals surface area (Å²) in [5.41, 5.74) is 2.42. The molecular weight excluding hydrogens is 448 g/mol. The fourth-order valence-corrected chi connectivity index (χ4v) is 6.15. The number of fused-ring (bicyclic) bond motifs is 5. The van der Waals surface area contributed by atoms with Gasteiger partial charge in [0.15, 0.2) is 0 Å². The van der Waals surface area contributed by atoms with Crippen molar-refractivity contribution in [1.82, 2.24) is 9.88 Å². The van der Waals surface area contributed by atoms with Crippen molar-refractivity contribution in [3.8, 4) is 5.75 Å². The van der Waals surface area contributed by atoms with Gasteiger partial charge in [-0.2, -0.15) is 0 Å². The zero-order chi connectivity index (χ0) is 24.6. The first-order chi connectivity index (χ1) is 17.7. The van der Waals surface area contributed by atoms with Gasteiger partial charge in [-0.1, -0.05) is 42.5 Å². The maximum Gasteiger partial charge on any atom is 0.339 e. The predicted molar refractivity (Wildman–Crippen MR) is 142 cm³/mol. The van der Waals surface area contributed by atoms with Gasteiger partial charge in [0.05, 0.1) is 24.2 Å². The molecule has 2 bridgehead atoms. The van der Waals surface area contributed by atoms with Crippen LogP contribution in [0.2, 0.25) is 0 Å². The molecule has 182 valence electrons. The van der Waals surface area contributed by atoms with Crippen LogP contribution >= 0.6 is 0 Å². The molecule has 0 aliphatic carbocycles. The molecule has 0 N–H and O–H groups in total. The van der Waals surface area contributed by atoms with Crippen LogP contribution in [-0.4, -0.2) is 42.1 Å². The molecule has 0 radical (unpaired) electrons. The largest absolute Gasteiger partial charge is 0.497 e. The molecule has 3 aliphatic rings. The summed E-state index contributed by atoms with van der Waals surface area (Å²) in [6.45, 7) is 6.03. The molecule has 3 fully saturated rings. The minimum Gasteiger partial charge on any atom is -0.497 e. The molecule has 3 unspecified atom stereocenters. The van der Waals surface area contributed by atoms with E-state index < -0.39 is 6.10 Å². The van der Waals surface area contributed by atoms with Crippen molar-refractivity contribution in [2.45, 2.75) is 25.0 Å². The number of esters is 1. The highest BCUT2D eigenvalue weighted by molar-refractivity contribution is 6.04. The monoisotopic (exact) mass is 478 g/mol. The number of rotatable bonds is 6. The normalized spacial score (nSPS) is 23.9. The molecule has 5 heteroatoms. The average Bonchev–Trinajstić information content (AvgIpc) is 2.95. The van der Waals surface area contributed by atoms with Gasteiger partial charge < -0.3 is 9.47 Å². The van der Waals surface area contributed by atoms with Crippen LogP contribution in [0.25, 0.3) is 21.7 Å². The van der Waals surface area contributed by atoms with Gasteiger partial charge in [-0.05, 0) is 72.3 Å². The van der Waals surface area contributed by atoms with E-state index in [1.54, 1.807) is 7.11 Å². The Labute approximate surface area is 211 Å². The lowest BCUT2D eigenvalue weighted by atomic mass is 9.73. The molecule has 0 spiro atoms. The van der Waals surface area contributed by atoms with Crippen molar-refractivity contribution < 1.29 is 14.3 Å². The van der Waals surface area contributed by atoms with Gasteiger partial charge in [0.2, 0.25) is 0 Å². The number of nitrogens with zero attached hydrogens (tertiary/aromatic N) is 2. The van der Waals surface area contributed by atoms with E-state index in [-0.39, 0.29) is 12.0 Å². The van der Waals surface area contributed by atoms with Crippen molar-refractivity contribution in [3.63, 3.8) is 0 Å². The smallest absolute Gasteiger partial charge is 0.339 e. The zero-order valence-corrected chi connectivity index (χ0v) is 20.5. The number of ether oxygens (including phenoxy) is 2. The Bertz CT molecular complexity index is 1440. The van der Waals surface area contributed by atoms with Gasteiger partial charge in [-0.3, -0.25) is 9.88 Å². The number of aromatic nitrogens is 1. The van der Waals surface area contributed by atoms with E-state index in [0.29, 0.717) is 17.4 Å². The number of hydrogen-bond acceptors (Lipinski definition) is 5. The molecular formula is C31H30N2O3. The number of carbonyl (C=O) groups is 1. The fourth-order valence-electron chi connectivity index (χ4n) is 6.15. The first-order valence-electron chi connectivity index (χ1n) is 12.6. The second kappa shape index (κ2) is 9.40. The van der Waals surface area contributed by atoms with E-state index in [0.717, 1.165) is 58.9 Å². The average molecular weight is 479 g/mol. The number of hydrogen-bond donors (Lipinski definition) is 0. The van der Waals surface area contributed by atoms with Crippen molar-refractivity contribution in [2.24, 2.45) is 11.8 Å². The lowest BCUT2D eigenvalue weighted by Gasteiger charge is -2.51. The maximum atomic E-state index is 13.8. The van der Waals surface area contributed by atoms with Crippen LogP contribution in [0.3, 0.4) is 0 Å².